The molecule has 2 unspecified atom stereocenters. The molecule has 194 valence electrons. The van der Waals surface area contributed by atoms with Crippen LogP contribution in [-0.4, -0.2) is 39.4 Å². The topological polar surface area (TPSA) is 81.2 Å². The summed E-state index contributed by atoms with van der Waals surface area (Å²) in [6.07, 6.45) is 5.74. The quantitative estimate of drug-likeness (QED) is 0.309. The van der Waals surface area contributed by atoms with Crippen molar-refractivity contribution in [2.75, 3.05) is 4.90 Å². The zero-order valence-electron chi connectivity index (χ0n) is 21.1. The van der Waals surface area contributed by atoms with E-state index in [4.69, 9.17) is 0 Å². The van der Waals surface area contributed by atoms with Gasteiger partial charge in [-0.3, -0.25) is 9.89 Å². The number of nitrogens with one attached hydrogen (secondary N) is 2. The van der Waals surface area contributed by atoms with Crippen molar-refractivity contribution in [3.63, 3.8) is 0 Å². The molecule has 1 aromatic heterocycles. The predicted octanol–water partition coefficient (Wildman–Crippen LogP) is 5.74. The second kappa shape index (κ2) is 9.24. The summed E-state index contributed by atoms with van der Waals surface area (Å²) in [6.45, 7) is 0. The molecule has 2 bridgehead atoms. The van der Waals surface area contributed by atoms with Crippen molar-refractivity contribution in [1.82, 2.24) is 15.5 Å². The number of H-pyrrole nitrogens is 1. The second-order valence-corrected chi connectivity index (χ2v) is 11.1. The largest absolute Gasteiger partial charge is 0.393 e. The highest BCUT2D eigenvalue weighted by molar-refractivity contribution is 6.01. The predicted molar refractivity (Wildman–Crippen MR) is 145 cm³/mol. The van der Waals surface area contributed by atoms with Crippen molar-refractivity contribution >= 4 is 22.5 Å². The molecule has 38 heavy (non-hydrogen) atoms. The lowest BCUT2D eigenvalue weighted by molar-refractivity contribution is 0.0931. The summed E-state index contributed by atoms with van der Waals surface area (Å²) in [5.41, 5.74) is 4.89. The molecule has 4 aromatic rings. The van der Waals surface area contributed by atoms with E-state index in [1.165, 1.54) is 11.8 Å². The Morgan fingerprint density at radius 1 is 1.00 bits per heavy atom. The number of benzene rings is 3. The minimum Gasteiger partial charge on any atom is -0.393 e. The number of nitrogens with zero attached hydrogens (tertiary/aromatic N) is 2. The molecule has 6 nitrogen and oxygen atoms in total. The van der Waals surface area contributed by atoms with Crippen molar-refractivity contribution in [1.29, 1.82) is 0 Å². The highest BCUT2D eigenvalue weighted by Gasteiger charge is 2.40. The number of halogens is 1. The van der Waals surface area contributed by atoms with Crippen LogP contribution in [0.3, 0.4) is 0 Å². The Morgan fingerprint density at radius 3 is 2.45 bits per heavy atom. The van der Waals surface area contributed by atoms with E-state index in [1.807, 2.05) is 18.2 Å². The first-order valence-electron chi connectivity index (χ1n) is 13.7. The molecule has 7 rings (SSSR count). The summed E-state index contributed by atoms with van der Waals surface area (Å²) in [4.78, 5) is 15.8. The summed E-state index contributed by atoms with van der Waals surface area (Å²) >= 11 is 0. The number of fused-ring (bicyclic) bond motifs is 3. The highest BCUT2D eigenvalue weighted by atomic mass is 19.1. The summed E-state index contributed by atoms with van der Waals surface area (Å²) in [5.74, 6) is -0.229. The van der Waals surface area contributed by atoms with Crippen LogP contribution in [0.4, 0.5) is 10.1 Å². The van der Waals surface area contributed by atoms with Gasteiger partial charge in [-0.1, -0.05) is 30.3 Å². The number of carbonyl (C=O) groups excluding carboxylic acids is 1. The van der Waals surface area contributed by atoms with Crippen LogP contribution < -0.4 is 10.2 Å². The van der Waals surface area contributed by atoms with Crippen LogP contribution >= 0.6 is 0 Å². The Kier molecular flexibility index (Phi) is 5.69. The van der Waals surface area contributed by atoms with Crippen molar-refractivity contribution < 1.29 is 14.3 Å². The van der Waals surface area contributed by atoms with E-state index in [-0.39, 0.29) is 29.8 Å². The number of piperidine rings is 1. The fraction of sp³-hybridized carbons (Fsp3) is 0.355. The van der Waals surface area contributed by atoms with Gasteiger partial charge in [0.15, 0.2) is 0 Å². The molecule has 3 aromatic carbocycles. The third-order valence-electron chi connectivity index (χ3n) is 8.59. The molecule has 7 heteroatoms. The first-order valence-corrected chi connectivity index (χ1v) is 13.7. The Hall–Kier alpha value is -3.71. The summed E-state index contributed by atoms with van der Waals surface area (Å²) < 4.78 is 14.5. The Morgan fingerprint density at radius 2 is 1.74 bits per heavy atom. The molecule has 3 N–H and O–H groups in total. The van der Waals surface area contributed by atoms with Gasteiger partial charge >= 0.3 is 0 Å². The van der Waals surface area contributed by atoms with Gasteiger partial charge in [-0.15, -0.1) is 0 Å². The maximum absolute atomic E-state index is 14.5. The van der Waals surface area contributed by atoms with E-state index < -0.39 is 0 Å². The molecule has 1 saturated carbocycles. The van der Waals surface area contributed by atoms with Crippen LogP contribution in [0.1, 0.15) is 60.5 Å². The fourth-order valence-electron chi connectivity index (χ4n) is 6.57. The van der Waals surface area contributed by atoms with E-state index in [2.05, 4.69) is 44.7 Å². The Bertz CT molecular complexity index is 1480. The number of carbonyl (C=O) groups is 1. The fourth-order valence-corrected chi connectivity index (χ4v) is 6.57. The number of aliphatic hydroxyl groups is 1. The van der Waals surface area contributed by atoms with Gasteiger partial charge in [-0.05, 0) is 80.8 Å². The monoisotopic (exact) mass is 510 g/mol. The number of aliphatic hydroxyl groups excluding tert-OH is 1. The van der Waals surface area contributed by atoms with E-state index >= 15 is 0 Å². The van der Waals surface area contributed by atoms with Crippen LogP contribution in [0.15, 0.2) is 66.7 Å². The van der Waals surface area contributed by atoms with Gasteiger partial charge in [0, 0.05) is 39.8 Å². The van der Waals surface area contributed by atoms with Crippen LogP contribution in [-0.2, 0) is 0 Å². The minimum absolute atomic E-state index is 0.184. The van der Waals surface area contributed by atoms with Crippen LogP contribution in [0, 0.1) is 11.7 Å². The number of hydrogen-bond acceptors (Lipinski definition) is 4. The molecule has 2 aliphatic heterocycles. The van der Waals surface area contributed by atoms with Gasteiger partial charge in [0.2, 0.25) is 0 Å². The van der Waals surface area contributed by atoms with Crippen LogP contribution in [0.25, 0.3) is 22.2 Å². The average Bonchev–Trinajstić information content (AvgIpc) is 3.62. The number of aromatic amines is 1. The lowest BCUT2D eigenvalue weighted by atomic mass is 9.98. The number of amides is 1. The molecule has 3 aliphatic rings. The van der Waals surface area contributed by atoms with Gasteiger partial charge in [0.25, 0.3) is 5.91 Å². The molecular formula is C31H31FN4O2. The van der Waals surface area contributed by atoms with E-state index in [0.29, 0.717) is 23.2 Å². The molecule has 2 saturated heterocycles. The third kappa shape index (κ3) is 4.15. The van der Waals surface area contributed by atoms with Gasteiger partial charge in [-0.25, -0.2) is 4.39 Å². The average molecular weight is 511 g/mol. The standard InChI is InChI=1S/C31H31FN4O2/c32-27-4-2-1-3-25(27)29(18-5-6-18)33-31(38)20-9-14-28-26(15-20)30(35-34-28)19-7-10-21(11-8-19)36-22-12-13-23(36)17-24(37)16-22/h1-4,7-11,14-15,18,22-24,29,37H,5-6,12-13,16-17H2,(H,33,38)(H,34,35)/t22?,23?,24?,29-/m1/s1. The SMILES string of the molecule is O=C(N[C@@H](c1ccccc1F)C1CC1)c1ccc2[nH]nc(-c3ccc(N4C5CCC4CC(O)C5)cc3)c2c1. The normalized spacial score (nSPS) is 23.5. The first-order chi connectivity index (χ1) is 18.5. The zero-order chi connectivity index (χ0) is 25.8. The number of hydrogen-bond donors (Lipinski definition) is 3. The van der Waals surface area contributed by atoms with Crippen LogP contribution in [0.5, 0.6) is 0 Å². The summed E-state index contributed by atoms with van der Waals surface area (Å²) in [6, 6.07) is 21.2. The maximum atomic E-state index is 14.5. The maximum Gasteiger partial charge on any atom is 0.251 e. The molecule has 3 atom stereocenters. The molecule has 1 aliphatic carbocycles. The molecule has 0 radical (unpaired) electrons. The zero-order valence-corrected chi connectivity index (χ0v) is 21.1. The number of aromatic nitrogens is 2. The lowest BCUT2D eigenvalue weighted by Gasteiger charge is -2.39. The molecular weight excluding hydrogens is 479 g/mol. The van der Waals surface area contributed by atoms with Crippen molar-refractivity contribution in [2.24, 2.45) is 5.92 Å². The minimum atomic E-state index is -0.332. The second-order valence-electron chi connectivity index (χ2n) is 11.1. The molecule has 0 spiro atoms. The highest BCUT2D eigenvalue weighted by Crippen LogP contribution is 2.42. The van der Waals surface area contributed by atoms with Crippen molar-refractivity contribution in [3.8, 4) is 11.3 Å². The van der Waals surface area contributed by atoms with Gasteiger partial charge in [-0.2, -0.15) is 5.10 Å². The summed E-state index contributed by atoms with van der Waals surface area (Å²) in [7, 11) is 0. The van der Waals surface area contributed by atoms with Crippen LogP contribution in [0.2, 0.25) is 0 Å². The van der Waals surface area contributed by atoms with Gasteiger partial charge in [0.1, 0.15) is 5.82 Å². The smallest absolute Gasteiger partial charge is 0.251 e. The molecule has 3 heterocycles. The lowest BCUT2D eigenvalue weighted by Crippen LogP contribution is -2.44. The van der Waals surface area contributed by atoms with E-state index in [0.717, 1.165) is 60.7 Å². The van der Waals surface area contributed by atoms with Crippen molar-refractivity contribution in [2.45, 2.75) is 62.8 Å². The van der Waals surface area contributed by atoms with E-state index in [1.54, 1.807) is 18.2 Å². The van der Waals surface area contributed by atoms with Gasteiger partial charge < -0.3 is 15.3 Å². The number of anilines is 1. The van der Waals surface area contributed by atoms with E-state index in [9.17, 15) is 14.3 Å². The Labute approximate surface area is 220 Å². The first kappa shape index (κ1) is 23.4. The molecule has 3 fully saturated rings. The third-order valence-corrected chi connectivity index (χ3v) is 8.59. The number of rotatable bonds is 6. The molecule has 1 amide bonds. The van der Waals surface area contributed by atoms with Gasteiger partial charge in [0.05, 0.1) is 23.4 Å². The summed E-state index contributed by atoms with van der Waals surface area (Å²) in [5, 5.41) is 21.8. The van der Waals surface area contributed by atoms with Crippen molar-refractivity contribution in [3.05, 3.63) is 83.7 Å². The Balaban J connectivity index is 1.14.